The fraction of sp³-hybridized carbons (Fsp3) is 1.00. The van der Waals surface area contributed by atoms with Crippen LogP contribution in [-0.2, 0) is 0 Å². The first-order valence-electron chi connectivity index (χ1n) is 9.06. The number of rotatable bonds is 6. The summed E-state index contributed by atoms with van der Waals surface area (Å²) in [5.74, 6) is 3.04. The molecule has 0 heterocycles. The van der Waals surface area contributed by atoms with Crippen LogP contribution < -0.4 is 5.32 Å². The van der Waals surface area contributed by atoms with Gasteiger partial charge >= 0.3 is 0 Å². The summed E-state index contributed by atoms with van der Waals surface area (Å²) in [5.41, 5.74) is 0. The summed E-state index contributed by atoms with van der Waals surface area (Å²) in [6.07, 6.45) is 16.3. The molecule has 1 nitrogen and oxygen atoms in total. The highest BCUT2D eigenvalue weighted by Crippen LogP contribution is 2.36. The molecule has 1 N–H and O–H groups in total. The summed E-state index contributed by atoms with van der Waals surface area (Å²) in [7, 11) is 0. The molecule has 0 aromatic rings. The van der Waals surface area contributed by atoms with Gasteiger partial charge in [-0.2, -0.15) is 0 Å². The molecule has 1 unspecified atom stereocenters. The molecule has 19 heavy (non-hydrogen) atoms. The summed E-state index contributed by atoms with van der Waals surface area (Å²) in [4.78, 5) is 0. The molecule has 2 aliphatic rings. The van der Waals surface area contributed by atoms with Gasteiger partial charge in [0.25, 0.3) is 0 Å². The van der Waals surface area contributed by atoms with Crippen molar-refractivity contribution in [3.05, 3.63) is 0 Å². The number of nitrogens with one attached hydrogen (secondary N) is 1. The second kappa shape index (κ2) is 8.29. The van der Waals surface area contributed by atoms with Gasteiger partial charge in [0.05, 0.1) is 0 Å². The van der Waals surface area contributed by atoms with E-state index >= 15 is 0 Å². The molecule has 1 heteroatoms. The average Bonchev–Trinajstić information content (AvgIpc) is 2.48. The monoisotopic (exact) mass is 265 g/mol. The predicted octanol–water partition coefficient (Wildman–Crippen LogP) is 5.15. The lowest BCUT2D eigenvalue weighted by atomic mass is 9.74. The lowest BCUT2D eigenvalue weighted by Gasteiger charge is -2.36. The van der Waals surface area contributed by atoms with E-state index in [1.54, 1.807) is 0 Å². The van der Waals surface area contributed by atoms with Crippen molar-refractivity contribution in [3.8, 4) is 0 Å². The van der Waals surface area contributed by atoms with Crippen molar-refractivity contribution in [2.24, 2.45) is 17.8 Å². The number of hydrogen-bond donors (Lipinski definition) is 1. The Bertz CT molecular complexity index is 224. The van der Waals surface area contributed by atoms with Gasteiger partial charge in [-0.25, -0.2) is 0 Å². The Balaban J connectivity index is 1.81. The van der Waals surface area contributed by atoms with E-state index < -0.39 is 0 Å². The smallest absolute Gasteiger partial charge is 0.00978 e. The third-order valence-corrected chi connectivity index (χ3v) is 5.82. The lowest BCUT2D eigenvalue weighted by Crippen LogP contribution is -2.39. The van der Waals surface area contributed by atoms with E-state index in [1.807, 2.05) is 0 Å². The summed E-state index contributed by atoms with van der Waals surface area (Å²) in [6.45, 7) is 5.81. The first-order chi connectivity index (χ1) is 9.33. The highest BCUT2D eigenvalue weighted by molar-refractivity contribution is 4.84. The molecule has 0 aromatic heterocycles. The maximum absolute atomic E-state index is 3.83. The van der Waals surface area contributed by atoms with E-state index in [1.165, 1.54) is 70.6 Å². The fourth-order valence-electron chi connectivity index (χ4n) is 4.49. The minimum atomic E-state index is 0.825. The minimum absolute atomic E-state index is 0.825. The predicted molar refractivity (Wildman–Crippen MR) is 84.4 cm³/mol. The molecule has 2 rings (SSSR count). The molecule has 0 radical (unpaired) electrons. The van der Waals surface area contributed by atoms with Gasteiger partial charge in [0.2, 0.25) is 0 Å². The molecule has 0 spiro atoms. The molecule has 2 saturated carbocycles. The molecule has 2 aliphatic carbocycles. The Kier molecular flexibility index (Phi) is 6.70. The zero-order valence-corrected chi connectivity index (χ0v) is 13.3. The van der Waals surface area contributed by atoms with Gasteiger partial charge in [0, 0.05) is 6.04 Å². The van der Waals surface area contributed by atoms with Crippen LogP contribution in [0.4, 0.5) is 0 Å². The van der Waals surface area contributed by atoms with Crippen LogP contribution in [-0.4, -0.2) is 12.6 Å². The Labute approximate surface area is 120 Å². The van der Waals surface area contributed by atoms with E-state index in [-0.39, 0.29) is 0 Å². The normalized spacial score (nSPS) is 31.3. The van der Waals surface area contributed by atoms with Crippen LogP contribution in [0.25, 0.3) is 0 Å². The summed E-state index contributed by atoms with van der Waals surface area (Å²) in [6, 6.07) is 0.825. The van der Waals surface area contributed by atoms with Crippen molar-refractivity contribution >= 4 is 0 Å². The first-order valence-corrected chi connectivity index (χ1v) is 9.06. The topological polar surface area (TPSA) is 12.0 Å². The second-order valence-electron chi connectivity index (χ2n) is 7.09. The third-order valence-electron chi connectivity index (χ3n) is 5.82. The molecule has 1 atom stereocenters. The van der Waals surface area contributed by atoms with Crippen molar-refractivity contribution in [2.75, 3.05) is 6.54 Å². The Morgan fingerprint density at radius 1 is 0.842 bits per heavy atom. The van der Waals surface area contributed by atoms with E-state index in [9.17, 15) is 0 Å². The van der Waals surface area contributed by atoms with Crippen LogP contribution in [0.15, 0.2) is 0 Å². The maximum Gasteiger partial charge on any atom is 0.00978 e. The zero-order chi connectivity index (χ0) is 13.5. The number of hydrogen-bond acceptors (Lipinski definition) is 1. The molecule has 0 bridgehead atoms. The van der Waals surface area contributed by atoms with Gasteiger partial charge in [-0.15, -0.1) is 0 Å². The second-order valence-corrected chi connectivity index (χ2v) is 7.09. The van der Waals surface area contributed by atoms with E-state index in [4.69, 9.17) is 0 Å². The summed E-state index contributed by atoms with van der Waals surface area (Å²) in [5, 5.41) is 3.83. The van der Waals surface area contributed by atoms with Gasteiger partial charge in [-0.05, 0) is 43.6 Å². The van der Waals surface area contributed by atoms with Crippen molar-refractivity contribution < 1.29 is 0 Å². The zero-order valence-electron chi connectivity index (χ0n) is 13.3. The van der Waals surface area contributed by atoms with Gasteiger partial charge in [-0.1, -0.05) is 65.2 Å². The van der Waals surface area contributed by atoms with E-state index in [2.05, 4.69) is 19.2 Å². The van der Waals surface area contributed by atoms with Crippen molar-refractivity contribution in [1.29, 1.82) is 0 Å². The van der Waals surface area contributed by atoms with Gasteiger partial charge in [-0.3, -0.25) is 0 Å². The minimum Gasteiger partial charge on any atom is -0.314 e. The van der Waals surface area contributed by atoms with Gasteiger partial charge in [0.1, 0.15) is 0 Å². The molecule has 112 valence electrons. The van der Waals surface area contributed by atoms with Crippen LogP contribution in [0.3, 0.4) is 0 Å². The van der Waals surface area contributed by atoms with Crippen LogP contribution in [0.5, 0.6) is 0 Å². The highest BCUT2D eigenvalue weighted by atomic mass is 14.9. The average molecular weight is 265 g/mol. The fourth-order valence-corrected chi connectivity index (χ4v) is 4.49. The largest absolute Gasteiger partial charge is 0.314 e. The quantitative estimate of drug-likeness (QED) is 0.700. The summed E-state index contributed by atoms with van der Waals surface area (Å²) < 4.78 is 0. The van der Waals surface area contributed by atoms with Crippen LogP contribution in [0.1, 0.15) is 84.5 Å². The van der Waals surface area contributed by atoms with Gasteiger partial charge in [0.15, 0.2) is 0 Å². The maximum atomic E-state index is 3.83. The lowest BCUT2D eigenvalue weighted by molar-refractivity contribution is 0.185. The molecular formula is C18H35N. The van der Waals surface area contributed by atoms with Crippen LogP contribution in [0.2, 0.25) is 0 Å². The van der Waals surface area contributed by atoms with Gasteiger partial charge < -0.3 is 5.32 Å². The molecule has 0 saturated heterocycles. The van der Waals surface area contributed by atoms with E-state index in [0.29, 0.717) is 0 Å². The Hall–Kier alpha value is -0.0400. The van der Waals surface area contributed by atoms with E-state index in [0.717, 1.165) is 30.3 Å². The summed E-state index contributed by atoms with van der Waals surface area (Å²) >= 11 is 0. The van der Waals surface area contributed by atoms with Crippen molar-refractivity contribution in [3.63, 3.8) is 0 Å². The Morgan fingerprint density at radius 2 is 1.53 bits per heavy atom. The third kappa shape index (κ3) is 4.77. The highest BCUT2D eigenvalue weighted by Gasteiger charge is 2.28. The SMILES string of the molecule is CCNC(CC1CCCCC1)C1CCC(CC)CC1. The van der Waals surface area contributed by atoms with Crippen LogP contribution in [0, 0.1) is 17.8 Å². The molecule has 2 fully saturated rings. The molecular weight excluding hydrogens is 230 g/mol. The molecule has 0 amide bonds. The molecule has 0 aromatic carbocycles. The van der Waals surface area contributed by atoms with Crippen molar-refractivity contribution in [2.45, 2.75) is 90.5 Å². The first kappa shape index (κ1) is 15.4. The van der Waals surface area contributed by atoms with Crippen LogP contribution >= 0.6 is 0 Å². The van der Waals surface area contributed by atoms with Crippen molar-refractivity contribution in [1.82, 2.24) is 5.32 Å². The Morgan fingerprint density at radius 3 is 2.11 bits per heavy atom. The standard InChI is InChI=1S/C18H35N/c1-3-15-10-12-17(13-11-15)18(19-4-2)14-16-8-6-5-7-9-16/h15-19H,3-14H2,1-2H3. The molecule has 0 aliphatic heterocycles.